The van der Waals surface area contributed by atoms with Gasteiger partial charge in [-0.05, 0) is 43.7 Å². The molecule has 1 unspecified atom stereocenters. The van der Waals surface area contributed by atoms with Crippen LogP contribution < -0.4 is 4.90 Å². The van der Waals surface area contributed by atoms with E-state index >= 15 is 0 Å². The Morgan fingerprint density at radius 3 is 2.89 bits per heavy atom. The second kappa shape index (κ2) is 6.03. The summed E-state index contributed by atoms with van der Waals surface area (Å²) >= 11 is 0. The molecule has 18 heavy (non-hydrogen) atoms. The Kier molecular flexibility index (Phi) is 4.40. The van der Waals surface area contributed by atoms with Crippen molar-refractivity contribution in [2.45, 2.75) is 39.5 Å². The average Bonchev–Trinajstić information content (AvgIpc) is 2.34. The van der Waals surface area contributed by atoms with E-state index in [1.165, 1.54) is 17.7 Å². The number of unbranched alkanes of at least 4 members (excludes halogenated alkanes) is 1. The molecular weight excluding hydrogens is 222 g/mol. The Labute approximate surface area is 110 Å². The van der Waals surface area contributed by atoms with E-state index in [4.69, 9.17) is 0 Å². The molecule has 0 fully saturated rings. The Balaban J connectivity index is 1.94. The molecule has 0 saturated heterocycles. The van der Waals surface area contributed by atoms with Crippen molar-refractivity contribution in [2.75, 3.05) is 18.0 Å². The lowest BCUT2D eigenvalue weighted by Crippen LogP contribution is -2.35. The lowest BCUT2D eigenvalue weighted by Gasteiger charge is -2.34. The summed E-state index contributed by atoms with van der Waals surface area (Å²) in [7, 11) is 0. The van der Waals surface area contributed by atoms with Crippen LogP contribution >= 0.6 is 0 Å². The van der Waals surface area contributed by atoms with Gasteiger partial charge in [-0.2, -0.15) is 0 Å². The van der Waals surface area contributed by atoms with E-state index < -0.39 is 0 Å². The zero-order valence-corrected chi connectivity index (χ0v) is 11.5. The number of para-hydroxylation sites is 1. The first-order valence-corrected chi connectivity index (χ1v) is 6.99. The summed E-state index contributed by atoms with van der Waals surface area (Å²) in [5, 5.41) is 0. The molecule has 1 aliphatic rings. The third-order valence-electron chi connectivity index (χ3n) is 3.64. The van der Waals surface area contributed by atoms with Gasteiger partial charge in [-0.15, -0.1) is 0 Å². The number of carbonyl (C=O) groups excluding carboxylic acids is 1. The van der Waals surface area contributed by atoms with Gasteiger partial charge in [0.2, 0.25) is 0 Å². The monoisotopic (exact) mass is 245 g/mol. The topological polar surface area (TPSA) is 20.3 Å². The number of Topliss-reactive ketones (excluding diaryl/α,β-unsaturated/α-hetero) is 1. The molecule has 2 rings (SSSR count). The molecule has 1 aromatic rings. The van der Waals surface area contributed by atoms with Crippen LogP contribution in [0.3, 0.4) is 0 Å². The van der Waals surface area contributed by atoms with E-state index in [1.807, 2.05) is 0 Å². The van der Waals surface area contributed by atoms with Crippen LogP contribution in [0.2, 0.25) is 0 Å². The molecular formula is C16H23NO. The van der Waals surface area contributed by atoms with Crippen LogP contribution in [0.5, 0.6) is 0 Å². The number of benzene rings is 1. The van der Waals surface area contributed by atoms with Gasteiger partial charge in [0.05, 0.1) is 0 Å². The number of fused-ring (bicyclic) bond motifs is 1. The molecule has 1 aromatic carbocycles. The number of carbonyl (C=O) groups is 1. The fraction of sp³-hybridized carbons (Fsp3) is 0.562. The van der Waals surface area contributed by atoms with Crippen molar-refractivity contribution in [1.29, 1.82) is 0 Å². The molecule has 2 heteroatoms. The van der Waals surface area contributed by atoms with Gasteiger partial charge in [0, 0.05) is 25.2 Å². The van der Waals surface area contributed by atoms with E-state index in [2.05, 4.69) is 36.1 Å². The van der Waals surface area contributed by atoms with Crippen LogP contribution in [-0.4, -0.2) is 18.9 Å². The largest absolute Gasteiger partial charge is 0.371 e. The van der Waals surface area contributed by atoms with Crippen molar-refractivity contribution in [3.63, 3.8) is 0 Å². The highest BCUT2D eigenvalue weighted by Crippen LogP contribution is 2.29. The molecule has 0 bridgehead atoms. The van der Waals surface area contributed by atoms with Gasteiger partial charge in [0.25, 0.3) is 0 Å². The molecule has 1 atom stereocenters. The molecule has 0 aromatic heterocycles. The van der Waals surface area contributed by atoms with Gasteiger partial charge >= 0.3 is 0 Å². The summed E-state index contributed by atoms with van der Waals surface area (Å²) in [5.74, 6) is 1.04. The standard InChI is InChI=1S/C16H23NO/c1-13-11-15-8-3-4-9-16(15)17(12-13)10-6-5-7-14(2)18/h3-4,8-9,13H,5-7,10-12H2,1-2H3. The fourth-order valence-corrected chi connectivity index (χ4v) is 2.79. The number of hydrogen-bond acceptors (Lipinski definition) is 2. The van der Waals surface area contributed by atoms with Crippen LogP contribution in [0.25, 0.3) is 0 Å². The van der Waals surface area contributed by atoms with Gasteiger partial charge in [-0.1, -0.05) is 25.1 Å². The number of nitrogens with zero attached hydrogens (tertiary/aromatic N) is 1. The normalized spacial score (nSPS) is 18.6. The van der Waals surface area contributed by atoms with Gasteiger partial charge in [0.15, 0.2) is 0 Å². The van der Waals surface area contributed by atoms with Gasteiger partial charge in [0.1, 0.15) is 5.78 Å². The van der Waals surface area contributed by atoms with Crippen LogP contribution in [-0.2, 0) is 11.2 Å². The summed E-state index contributed by atoms with van der Waals surface area (Å²) in [6, 6.07) is 8.72. The zero-order chi connectivity index (χ0) is 13.0. The SMILES string of the molecule is CC(=O)CCCCN1CC(C)Cc2ccccc21. The lowest BCUT2D eigenvalue weighted by molar-refractivity contribution is -0.117. The molecule has 0 saturated carbocycles. The smallest absolute Gasteiger partial charge is 0.129 e. The summed E-state index contributed by atoms with van der Waals surface area (Å²) in [5.41, 5.74) is 2.88. The van der Waals surface area contributed by atoms with E-state index in [1.54, 1.807) is 6.92 Å². The molecule has 2 nitrogen and oxygen atoms in total. The van der Waals surface area contributed by atoms with E-state index in [9.17, 15) is 4.79 Å². The van der Waals surface area contributed by atoms with Crippen LogP contribution in [0, 0.1) is 5.92 Å². The second-order valence-corrected chi connectivity index (χ2v) is 5.54. The third-order valence-corrected chi connectivity index (χ3v) is 3.64. The highest BCUT2D eigenvalue weighted by Gasteiger charge is 2.20. The van der Waals surface area contributed by atoms with Crippen LogP contribution in [0.1, 0.15) is 38.7 Å². The molecule has 0 spiro atoms. The van der Waals surface area contributed by atoms with E-state index in [0.29, 0.717) is 5.78 Å². The summed E-state index contributed by atoms with van der Waals surface area (Å²) in [6.07, 6.45) is 4.05. The van der Waals surface area contributed by atoms with Crippen molar-refractivity contribution in [3.8, 4) is 0 Å². The Morgan fingerprint density at radius 1 is 1.33 bits per heavy atom. The lowest BCUT2D eigenvalue weighted by atomic mass is 9.93. The van der Waals surface area contributed by atoms with Gasteiger partial charge in [-0.25, -0.2) is 0 Å². The number of anilines is 1. The minimum atomic E-state index is 0.308. The Hall–Kier alpha value is -1.31. The Bertz CT molecular complexity index is 413. The summed E-state index contributed by atoms with van der Waals surface area (Å²) < 4.78 is 0. The number of rotatable bonds is 5. The number of hydrogen-bond donors (Lipinski definition) is 0. The predicted molar refractivity (Wildman–Crippen MR) is 76.1 cm³/mol. The third kappa shape index (κ3) is 3.34. The molecule has 1 aliphatic heterocycles. The van der Waals surface area contributed by atoms with Crippen LogP contribution in [0.15, 0.2) is 24.3 Å². The van der Waals surface area contributed by atoms with E-state index in [0.717, 1.165) is 38.3 Å². The first kappa shape index (κ1) is 13.1. The van der Waals surface area contributed by atoms with Crippen molar-refractivity contribution >= 4 is 11.5 Å². The molecule has 0 N–H and O–H groups in total. The average molecular weight is 245 g/mol. The summed E-state index contributed by atoms with van der Waals surface area (Å²) in [4.78, 5) is 13.4. The maximum Gasteiger partial charge on any atom is 0.129 e. The molecule has 1 heterocycles. The Morgan fingerprint density at radius 2 is 2.11 bits per heavy atom. The summed E-state index contributed by atoms with van der Waals surface area (Å²) in [6.45, 7) is 6.22. The van der Waals surface area contributed by atoms with Crippen molar-refractivity contribution < 1.29 is 4.79 Å². The van der Waals surface area contributed by atoms with Crippen molar-refractivity contribution in [1.82, 2.24) is 0 Å². The van der Waals surface area contributed by atoms with Gasteiger partial charge < -0.3 is 9.69 Å². The molecule has 0 aliphatic carbocycles. The van der Waals surface area contributed by atoms with Crippen molar-refractivity contribution in [2.24, 2.45) is 5.92 Å². The highest BCUT2D eigenvalue weighted by molar-refractivity contribution is 5.75. The maximum atomic E-state index is 10.9. The molecule has 0 radical (unpaired) electrons. The van der Waals surface area contributed by atoms with Gasteiger partial charge in [-0.3, -0.25) is 0 Å². The number of ketones is 1. The second-order valence-electron chi connectivity index (χ2n) is 5.54. The van der Waals surface area contributed by atoms with Crippen LogP contribution in [0.4, 0.5) is 5.69 Å². The quantitative estimate of drug-likeness (QED) is 0.741. The molecule has 98 valence electrons. The van der Waals surface area contributed by atoms with E-state index in [-0.39, 0.29) is 0 Å². The first-order valence-electron chi connectivity index (χ1n) is 6.99. The maximum absolute atomic E-state index is 10.9. The minimum absolute atomic E-state index is 0.308. The molecule has 0 amide bonds. The fourth-order valence-electron chi connectivity index (χ4n) is 2.79. The first-order chi connectivity index (χ1) is 8.66. The zero-order valence-electron chi connectivity index (χ0n) is 11.5. The predicted octanol–water partition coefficient (Wildman–Crippen LogP) is 3.44. The highest BCUT2D eigenvalue weighted by atomic mass is 16.1. The minimum Gasteiger partial charge on any atom is -0.371 e. The van der Waals surface area contributed by atoms with Crippen molar-refractivity contribution in [3.05, 3.63) is 29.8 Å².